The minimum Gasteiger partial charge on any atom is -0.550 e. The van der Waals surface area contributed by atoms with E-state index in [0.29, 0.717) is 11.4 Å². The van der Waals surface area contributed by atoms with E-state index in [1.54, 1.807) is 12.1 Å². The van der Waals surface area contributed by atoms with Crippen molar-refractivity contribution >= 4 is 23.3 Å². The summed E-state index contributed by atoms with van der Waals surface area (Å²) < 4.78 is 0. The van der Waals surface area contributed by atoms with Gasteiger partial charge in [-0.15, -0.1) is 0 Å². The molecule has 0 radical (unpaired) electrons. The van der Waals surface area contributed by atoms with Gasteiger partial charge in [0, 0.05) is 11.9 Å². The molecule has 0 aliphatic carbocycles. The summed E-state index contributed by atoms with van der Waals surface area (Å²) in [5.74, 6) is -2.17. The average Bonchev–Trinajstić information content (AvgIpc) is 2.08. The number of para-hydroxylation sites is 2. The summed E-state index contributed by atoms with van der Waals surface area (Å²) in [4.78, 5) is 17.8. The third kappa shape index (κ3) is 25.1. The van der Waals surface area contributed by atoms with Crippen molar-refractivity contribution in [1.29, 1.82) is 0 Å². The molecule has 1 aromatic carbocycles. The van der Waals surface area contributed by atoms with Crippen LogP contribution in [0.1, 0.15) is 13.8 Å². The van der Waals surface area contributed by atoms with E-state index in [9.17, 15) is 0 Å². The summed E-state index contributed by atoms with van der Waals surface area (Å²) in [5.41, 5.74) is 12.1. The third-order valence-electron chi connectivity index (χ3n) is 0.996. The Morgan fingerprint density at radius 3 is 1.24 bits per heavy atom. The zero-order valence-corrected chi connectivity index (χ0v) is 12.8. The van der Waals surface area contributed by atoms with Gasteiger partial charge in [0.25, 0.3) is 0 Å². The molecule has 0 atom stereocenters. The molecular formula is C10H14N2O4Zn. The van der Waals surface area contributed by atoms with E-state index in [1.807, 2.05) is 12.1 Å². The molecule has 17 heavy (non-hydrogen) atoms. The van der Waals surface area contributed by atoms with E-state index in [1.165, 1.54) is 0 Å². The van der Waals surface area contributed by atoms with E-state index in [4.69, 9.17) is 31.3 Å². The Labute approximate surface area is 112 Å². The standard InChI is InChI=1S/C6H8N2.2C2H4O2.Zn/c7-5-3-1-2-4-6(5)8;2*1-2(3)4;/h1-4H,7-8H2;2*1H3,(H,3,4);/q;;;+2/p-2. The van der Waals surface area contributed by atoms with Crippen LogP contribution in [0.5, 0.6) is 0 Å². The number of hydrogen-bond acceptors (Lipinski definition) is 6. The second-order valence-corrected chi connectivity index (χ2v) is 2.61. The maximum absolute atomic E-state index is 8.89. The molecular weight excluding hydrogens is 278 g/mol. The zero-order chi connectivity index (χ0) is 13.1. The molecule has 0 spiro atoms. The van der Waals surface area contributed by atoms with Crippen LogP contribution in [0.4, 0.5) is 11.4 Å². The molecule has 0 fully saturated rings. The second-order valence-electron chi connectivity index (χ2n) is 2.61. The minimum absolute atomic E-state index is 0. The Morgan fingerprint density at radius 1 is 0.941 bits per heavy atom. The Hall–Kier alpha value is -1.62. The zero-order valence-electron chi connectivity index (χ0n) is 9.80. The molecule has 0 unspecified atom stereocenters. The number of nitrogen functional groups attached to an aromatic ring is 2. The van der Waals surface area contributed by atoms with Crippen LogP contribution in [0.3, 0.4) is 0 Å². The molecule has 0 aliphatic rings. The van der Waals surface area contributed by atoms with Crippen LogP contribution in [0, 0.1) is 0 Å². The molecule has 90 valence electrons. The predicted octanol–water partition coefficient (Wildman–Crippen LogP) is -1.64. The Kier molecular flexibility index (Phi) is 15.2. The van der Waals surface area contributed by atoms with Gasteiger partial charge in [-0.1, -0.05) is 12.1 Å². The van der Waals surface area contributed by atoms with Gasteiger partial charge in [0.15, 0.2) is 0 Å². The summed E-state index contributed by atoms with van der Waals surface area (Å²) in [6.45, 7) is 1.94. The van der Waals surface area contributed by atoms with Gasteiger partial charge in [0.2, 0.25) is 0 Å². The summed E-state index contributed by atoms with van der Waals surface area (Å²) in [6.07, 6.45) is 0. The maximum Gasteiger partial charge on any atom is 2.00 e. The van der Waals surface area contributed by atoms with Crippen molar-refractivity contribution in [2.75, 3.05) is 11.5 Å². The number of carboxylic acids is 2. The number of hydrogen-bond donors (Lipinski definition) is 2. The van der Waals surface area contributed by atoms with Crippen molar-refractivity contribution in [3.8, 4) is 0 Å². The first-order chi connectivity index (χ1) is 7.27. The van der Waals surface area contributed by atoms with Crippen molar-refractivity contribution in [2.24, 2.45) is 0 Å². The van der Waals surface area contributed by atoms with E-state index in [0.717, 1.165) is 13.8 Å². The van der Waals surface area contributed by atoms with E-state index in [-0.39, 0.29) is 19.5 Å². The monoisotopic (exact) mass is 290 g/mol. The van der Waals surface area contributed by atoms with E-state index in [2.05, 4.69) is 0 Å². The van der Waals surface area contributed by atoms with Crippen molar-refractivity contribution in [2.45, 2.75) is 13.8 Å². The first-order valence-corrected chi connectivity index (χ1v) is 4.22. The SMILES string of the molecule is CC(=O)[O-].CC(=O)[O-].Nc1ccccc1N.[Zn+2]. The quantitative estimate of drug-likeness (QED) is 0.435. The summed E-state index contributed by atoms with van der Waals surface area (Å²) >= 11 is 0. The van der Waals surface area contributed by atoms with Gasteiger partial charge in [-0.25, -0.2) is 0 Å². The van der Waals surface area contributed by atoms with Crippen LogP contribution in [0.25, 0.3) is 0 Å². The molecule has 0 aliphatic heterocycles. The molecule has 0 saturated carbocycles. The average molecular weight is 292 g/mol. The fourth-order valence-corrected chi connectivity index (χ4v) is 0.511. The number of anilines is 2. The fourth-order valence-electron chi connectivity index (χ4n) is 0.511. The minimum atomic E-state index is -1.08. The van der Waals surface area contributed by atoms with Crippen LogP contribution >= 0.6 is 0 Å². The number of nitrogens with two attached hydrogens (primary N) is 2. The van der Waals surface area contributed by atoms with Crippen molar-refractivity contribution in [3.63, 3.8) is 0 Å². The molecule has 1 aromatic rings. The number of carboxylic acid groups (broad SMARTS) is 2. The van der Waals surface area contributed by atoms with Gasteiger partial charge < -0.3 is 31.3 Å². The number of benzene rings is 1. The van der Waals surface area contributed by atoms with Gasteiger partial charge in [0.1, 0.15) is 0 Å². The van der Waals surface area contributed by atoms with Crippen molar-refractivity contribution in [1.82, 2.24) is 0 Å². The molecule has 0 amide bonds. The summed E-state index contributed by atoms with van der Waals surface area (Å²) in [6, 6.07) is 7.25. The maximum atomic E-state index is 8.89. The second kappa shape index (κ2) is 12.5. The molecule has 0 bridgehead atoms. The molecule has 4 N–H and O–H groups in total. The van der Waals surface area contributed by atoms with Crippen LogP contribution in [-0.2, 0) is 29.1 Å². The molecule has 1 rings (SSSR count). The predicted molar refractivity (Wildman–Crippen MR) is 56.6 cm³/mol. The van der Waals surface area contributed by atoms with Gasteiger partial charge >= 0.3 is 19.5 Å². The van der Waals surface area contributed by atoms with Crippen molar-refractivity contribution < 1.29 is 39.3 Å². The van der Waals surface area contributed by atoms with Crippen LogP contribution in [0.2, 0.25) is 0 Å². The molecule has 0 saturated heterocycles. The van der Waals surface area contributed by atoms with E-state index < -0.39 is 11.9 Å². The Balaban J connectivity index is -0.000000189. The van der Waals surface area contributed by atoms with Crippen LogP contribution in [0.15, 0.2) is 24.3 Å². The van der Waals surface area contributed by atoms with Crippen LogP contribution in [-0.4, -0.2) is 11.9 Å². The topological polar surface area (TPSA) is 132 Å². The smallest absolute Gasteiger partial charge is 0.550 e. The van der Waals surface area contributed by atoms with Gasteiger partial charge in [-0.3, -0.25) is 0 Å². The number of carbonyl (C=O) groups excluding carboxylic acids is 2. The molecule has 7 heteroatoms. The normalized spacial score (nSPS) is 7.18. The summed E-state index contributed by atoms with van der Waals surface area (Å²) in [7, 11) is 0. The third-order valence-corrected chi connectivity index (χ3v) is 0.996. The van der Waals surface area contributed by atoms with Crippen LogP contribution < -0.4 is 21.7 Å². The molecule has 6 nitrogen and oxygen atoms in total. The van der Waals surface area contributed by atoms with Gasteiger partial charge in [0.05, 0.1) is 11.4 Å². The first-order valence-electron chi connectivity index (χ1n) is 4.22. The largest absolute Gasteiger partial charge is 2.00 e. The van der Waals surface area contributed by atoms with Gasteiger partial charge in [-0.2, -0.15) is 0 Å². The Morgan fingerprint density at radius 2 is 1.12 bits per heavy atom. The molecule has 0 aromatic heterocycles. The molecule has 0 heterocycles. The van der Waals surface area contributed by atoms with Gasteiger partial charge in [-0.05, 0) is 26.0 Å². The fraction of sp³-hybridized carbons (Fsp3) is 0.200. The first kappa shape index (κ1) is 20.8. The number of carbonyl (C=O) groups is 2. The number of aliphatic carboxylic acids is 2. The number of rotatable bonds is 0. The van der Waals surface area contributed by atoms with E-state index >= 15 is 0 Å². The van der Waals surface area contributed by atoms with Crippen molar-refractivity contribution in [3.05, 3.63) is 24.3 Å². The Bertz CT molecular complexity index is 304. The summed E-state index contributed by atoms with van der Waals surface area (Å²) in [5, 5.41) is 17.8.